The van der Waals surface area contributed by atoms with E-state index in [9.17, 15) is 0 Å². The number of H-pyrrole nitrogens is 1. The smallest absolute Gasteiger partial charge is 0.179 e. The number of aromatic amines is 1. The van der Waals surface area contributed by atoms with Crippen LogP contribution in [0.4, 0.5) is 0 Å². The highest BCUT2D eigenvalue weighted by molar-refractivity contribution is 6.42. The van der Waals surface area contributed by atoms with Gasteiger partial charge in [0.1, 0.15) is 5.82 Å². The van der Waals surface area contributed by atoms with Crippen LogP contribution < -0.4 is 0 Å². The lowest BCUT2D eigenvalue weighted by atomic mass is 9.96. The van der Waals surface area contributed by atoms with E-state index in [0.29, 0.717) is 21.9 Å². The van der Waals surface area contributed by atoms with Crippen LogP contribution in [0.2, 0.25) is 10.0 Å². The van der Waals surface area contributed by atoms with Crippen LogP contribution in [-0.4, -0.2) is 24.6 Å². The quantitative estimate of drug-likeness (QED) is 0.537. The van der Waals surface area contributed by atoms with Crippen molar-refractivity contribution in [1.82, 2.24) is 24.6 Å². The van der Waals surface area contributed by atoms with E-state index in [-0.39, 0.29) is 0 Å². The van der Waals surface area contributed by atoms with Crippen molar-refractivity contribution in [3.05, 3.63) is 58.1 Å². The number of rotatable bonds is 3. The predicted molar refractivity (Wildman–Crippen MR) is 103 cm³/mol. The number of nitrogens with zero attached hydrogens (tertiary/aromatic N) is 4. The summed E-state index contributed by atoms with van der Waals surface area (Å²) in [4.78, 5) is 7.55. The third-order valence-corrected chi connectivity index (χ3v) is 6.12. The maximum atomic E-state index is 6.16. The molecule has 132 valence electrons. The topological polar surface area (TPSA) is 58.9 Å². The SMILES string of the molecule is Clc1ccc(C[C@@H]2CC[C@@H](c3nnc4cnc5[nH]ccc5n34)C2)cc1Cl. The lowest BCUT2D eigenvalue weighted by molar-refractivity contribution is 0.530. The van der Waals surface area contributed by atoms with Crippen molar-refractivity contribution in [3.8, 4) is 0 Å². The Hall–Kier alpha value is -2.11. The molecule has 5 rings (SSSR count). The highest BCUT2D eigenvalue weighted by Crippen LogP contribution is 2.40. The summed E-state index contributed by atoms with van der Waals surface area (Å²) in [7, 11) is 0. The number of benzene rings is 1. The minimum atomic E-state index is 0.415. The zero-order valence-corrected chi connectivity index (χ0v) is 15.5. The van der Waals surface area contributed by atoms with Crippen LogP contribution in [0.5, 0.6) is 0 Å². The summed E-state index contributed by atoms with van der Waals surface area (Å²) >= 11 is 12.2. The third kappa shape index (κ3) is 2.66. The van der Waals surface area contributed by atoms with E-state index >= 15 is 0 Å². The fourth-order valence-corrected chi connectivity index (χ4v) is 4.48. The Kier molecular flexibility index (Phi) is 3.87. The van der Waals surface area contributed by atoms with E-state index in [2.05, 4.69) is 30.6 Å². The van der Waals surface area contributed by atoms with Gasteiger partial charge in [0.25, 0.3) is 0 Å². The largest absolute Gasteiger partial charge is 0.345 e. The molecule has 1 fully saturated rings. The summed E-state index contributed by atoms with van der Waals surface area (Å²) in [6.45, 7) is 0. The van der Waals surface area contributed by atoms with E-state index < -0.39 is 0 Å². The van der Waals surface area contributed by atoms with E-state index in [4.69, 9.17) is 23.2 Å². The second-order valence-electron chi connectivity index (χ2n) is 7.05. The maximum Gasteiger partial charge on any atom is 0.179 e. The zero-order chi connectivity index (χ0) is 17.7. The van der Waals surface area contributed by atoms with Gasteiger partial charge in [-0.2, -0.15) is 0 Å². The molecule has 2 atom stereocenters. The minimum Gasteiger partial charge on any atom is -0.345 e. The van der Waals surface area contributed by atoms with Gasteiger partial charge in [-0.15, -0.1) is 10.2 Å². The van der Waals surface area contributed by atoms with Gasteiger partial charge in [0.2, 0.25) is 0 Å². The second kappa shape index (κ2) is 6.25. The summed E-state index contributed by atoms with van der Waals surface area (Å²) < 4.78 is 2.14. The molecular formula is C19H17Cl2N5. The number of hydrogen-bond acceptors (Lipinski definition) is 3. The number of hydrogen-bond donors (Lipinski definition) is 1. The molecule has 0 saturated heterocycles. The molecule has 0 bridgehead atoms. The van der Waals surface area contributed by atoms with Crippen molar-refractivity contribution in [3.63, 3.8) is 0 Å². The fraction of sp³-hybridized carbons (Fsp3) is 0.316. The normalized spacial score (nSPS) is 20.4. The average Bonchev–Trinajstić information content (AvgIpc) is 3.35. The Morgan fingerprint density at radius 3 is 2.92 bits per heavy atom. The van der Waals surface area contributed by atoms with E-state index in [0.717, 1.165) is 41.9 Å². The molecule has 0 spiro atoms. The van der Waals surface area contributed by atoms with Crippen LogP contribution in [0.15, 0.2) is 36.7 Å². The van der Waals surface area contributed by atoms with Gasteiger partial charge < -0.3 is 4.98 Å². The van der Waals surface area contributed by atoms with Gasteiger partial charge in [-0.05, 0) is 55.4 Å². The Balaban J connectivity index is 1.41. The molecule has 0 aliphatic heterocycles. The molecule has 0 amide bonds. The highest BCUT2D eigenvalue weighted by atomic mass is 35.5. The van der Waals surface area contributed by atoms with Crippen molar-refractivity contribution in [2.75, 3.05) is 0 Å². The van der Waals surface area contributed by atoms with E-state index in [1.807, 2.05) is 24.4 Å². The molecular weight excluding hydrogens is 369 g/mol. The van der Waals surface area contributed by atoms with Crippen molar-refractivity contribution in [2.24, 2.45) is 5.92 Å². The molecule has 0 unspecified atom stereocenters. The Morgan fingerprint density at radius 2 is 2.04 bits per heavy atom. The molecule has 3 aromatic heterocycles. The Morgan fingerprint density at radius 1 is 1.12 bits per heavy atom. The van der Waals surface area contributed by atoms with Crippen LogP contribution in [-0.2, 0) is 6.42 Å². The first-order chi connectivity index (χ1) is 12.7. The second-order valence-corrected chi connectivity index (χ2v) is 7.86. The first kappa shape index (κ1) is 16.1. The van der Waals surface area contributed by atoms with Crippen molar-refractivity contribution >= 4 is 40.0 Å². The predicted octanol–water partition coefficient (Wildman–Crippen LogP) is 5.04. The summed E-state index contributed by atoms with van der Waals surface area (Å²) in [5.41, 5.74) is 3.95. The van der Waals surface area contributed by atoms with Crippen LogP contribution in [0.1, 0.15) is 36.6 Å². The fourth-order valence-electron chi connectivity index (χ4n) is 4.16. The molecule has 5 nitrogen and oxygen atoms in total. The van der Waals surface area contributed by atoms with Crippen LogP contribution in [0.25, 0.3) is 16.8 Å². The van der Waals surface area contributed by atoms with Crippen molar-refractivity contribution in [2.45, 2.75) is 31.6 Å². The number of aromatic nitrogens is 5. The van der Waals surface area contributed by atoms with E-state index in [1.54, 1.807) is 6.20 Å². The average molecular weight is 386 g/mol. The Bertz CT molecular complexity index is 1100. The lowest BCUT2D eigenvalue weighted by Gasteiger charge is -2.11. The van der Waals surface area contributed by atoms with Gasteiger partial charge in [0.15, 0.2) is 11.3 Å². The zero-order valence-electron chi connectivity index (χ0n) is 14.0. The summed E-state index contributed by atoms with van der Waals surface area (Å²) in [6.07, 6.45) is 8.11. The van der Waals surface area contributed by atoms with Crippen LogP contribution in [0.3, 0.4) is 0 Å². The van der Waals surface area contributed by atoms with Crippen LogP contribution >= 0.6 is 23.2 Å². The molecule has 3 heterocycles. The molecule has 26 heavy (non-hydrogen) atoms. The molecule has 1 aliphatic rings. The summed E-state index contributed by atoms with van der Waals surface area (Å²) in [5.74, 6) is 2.08. The first-order valence-corrected chi connectivity index (χ1v) is 9.55. The van der Waals surface area contributed by atoms with Crippen molar-refractivity contribution < 1.29 is 0 Å². The monoisotopic (exact) mass is 385 g/mol. The summed E-state index contributed by atoms with van der Waals surface area (Å²) in [6, 6.07) is 7.97. The maximum absolute atomic E-state index is 6.16. The molecule has 7 heteroatoms. The number of nitrogens with one attached hydrogen (secondary N) is 1. The number of fused-ring (bicyclic) bond motifs is 3. The van der Waals surface area contributed by atoms with E-state index in [1.165, 1.54) is 12.0 Å². The summed E-state index contributed by atoms with van der Waals surface area (Å²) in [5, 5.41) is 10.1. The van der Waals surface area contributed by atoms with Crippen LogP contribution in [0, 0.1) is 5.92 Å². The molecule has 1 N–H and O–H groups in total. The van der Waals surface area contributed by atoms with Gasteiger partial charge in [-0.25, -0.2) is 4.98 Å². The van der Waals surface area contributed by atoms with Gasteiger partial charge in [0, 0.05) is 12.1 Å². The molecule has 1 aromatic carbocycles. The molecule has 1 aliphatic carbocycles. The Labute approximate surface area is 160 Å². The highest BCUT2D eigenvalue weighted by Gasteiger charge is 2.30. The minimum absolute atomic E-state index is 0.415. The molecule has 0 radical (unpaired) electrons. The molecule has 1 saturated carbocycles. The first-order valence-electron chi connectivity index (χ1n) is 8.80. The van der Waals surface area contributed by atoms with Gasteiger partial charge in [-0.1, -0.05) is 29.3 Å². The van der Waals surface area contributed by atoms with Gasteiger partial charge in [0.05, 0.1) is 21.8 Å². The van der Waals surface area contributed by atoms with Gasteiger partial charge >= 0.3 is 0 Å². The third-order valence-electron chi connectivity index (χ3n) is 5.38. The number of halogens is 2. The van der Waals surface area contributed by atoms with Crippen molar-refractivity contribution in [1.29, 1.82) is 0 Å². The lowest BCUT2D eigenvalue weighted by Crippen LogP contribution is -2.04. The van der Waals surface area contributed by atoms with Gasteiger partial charge in [-0.3, -0.25) is 4.40 Å². The standard InChI is InChI=1S/C19H17Cl2N5/c20-14-4-2-12(9-15(14)21)7-11-1-3-13(8-11)19-25-24-17-10-23-18-16(26(17)19)5-6-22-18/h2,4-6,9-11,13,22H,1,3,7-8H2/t11-,13+/m0/s1. The molecule has 4 aromatic rings.